The zero-order valence-corrected chi connectivity index (χ0v) is 23.2. The van der Waals surface area contributed by atoms with Gasteiger partial charge in [0.1, 0.15) is 11.9 Å². The first-order valence-corrected chi connectivity index (χ1v) is 14.0. The molecule has 3 heterocycles. The van der Waals surface area contributed by atoms with Gasteiger partial charge in [0.15, 0.2) is 11.6 Å². The SMILES string of the molecule is COc1c(F)cc(C(C)C)cc1[C@@H](C(=O)O)N1CC[C@@H](OCCCCCc2cc(C)c3c(n2)NCCC3)C1. The summed E-state index contributed by atoms with van der Waals surface area (Å²) in [6, 6.07) is 4.45. The molecule has 2 N–H and O–H groups in total. The first kappa shape index (κ1) is 28.3. The molecule has 0 unspecified atom stereocenters. The van der Waals surface area contributed by atoms with Crippen molar-refractivity contribution in [3.05, 3.63) is 52.0 Å². The number of unbranched alkanes of at least 4 members (excludes halogenated alkanes) is 2. The van der Waals surface area contributed by atoms with Crippen molar-refractivity contribution in [2.45, 2.75) is 83.8 Å². The zero-order chi connectivity index (χ0) is 27.2. The number of rotatable bonds is 12. The summed E-state index contributed by atoms with van der Waals surface area (Å²) in [6.45, 7) is 8.83. The number of aromatic nitrogens is 1. The molecule has 1 fully saturated rings. The number of nitrogens with zero attached hydrogens (tertiary/aromatic N) is 2. The van der Waals surface area contributed by atoms with E-state index in [1.807, 2.05) is 18.7 Å². The Balaban J connectivity index is 1.26. The highest BCUT2D eigenvalue weighted by molar-refractivity contribution is 5.77. The maximum absolute atomic E-state index is 14.8. The molecule has 2 atom stereocenters. The highest BCUT2D eigenvalue weighted by Gasteiger charge is 2.36. The van der Waals surface area contributed by atoms with Gasteiger partial charge in [-0.1, -0.05) is 20.3 Å². The van der Waals surface area contributed by atoms with Crippen LogP contribution in [0.25, 0.3) is 0 Å². The number of anilines is 1. The van der Waals surface area contributed by atoms with Gasteiger partial charge in [-0.05, 0) is 86.3 Å². The second-order valence-corrected chi connectivity index (χ2v) is 10.9. The van der Waals surface area contributed by atoms with Gasteiger partial charge in [0, 0.05) is 37.5 Å². The van der Waals surface area contributed by atoms with Crippen LogP contribution in [0.15, 0.2) is 18.2 Å². The Kier molecular flexibility index (Phi) is 9.60. The molecule has 0 saturated carbocycles. The predicted molar refractivity (Wildman–Crippen MR) is 147 cm³/mol. The zero-order valence-electron chi connectivity index (χ0n) is 23.2. The normalized spacial score (nSPS) is 18.3. The van der Waals surface area contributed by atoms with Gasteiger partial charge in [-0.25, -0.2) is 9.37 Å². The van der Waals surface area contributed by atoms with E-state index in [9.17, 15) is 14.3 Å². The Morgan fingerprint density at radius 1 is 1.26 bits per heavy atom. The van der Waals surface area contributed by atoms with Crippen LogP contribution in [0.2, 0.25) is 0 Å². The smallest absolute Gasteiger partial charge is 0.325 e. The number of pyridine rings is 1. The highest BCUT2D eigenvalue weighted by Crippen LogP contribution is 2.37. The van der Waals surface area contributed by atoms with Gasteiger partial charge in [0.2, 0.25) is 0 Å². The number of nitrogens with one attached hydrogen (secondary N) is 1. The maximum Gasteiger partial charge on any atom is 0.325 e. The van der Waals surface area contributed by atoms with Gasteiger partial charge < -0.3 is 19.9 Å². The van der Waals surface area contributed by atoms with Crippen LogP contribution in [0.5, 0.6) is 5.75 Å². The summed E-state index contributed by atoms with van der Waals surface area (Å²) in [5.74, 6) is -0.390. The van der Waals surface area contributed by atoms with E-state index in [4.69, 9.17) is 14.5 Å². The van der Waals surface area contributed by atoms with Gasteiger partial charge in [0.05, 0.1) is 13.2 Å². The molecule has 208 valence electrons. The van der Waals surface area contributed by atoms with Crippen LogP contribution in [0.1, 0.15) is 85.9 Å². The van der Waals surface area contributed by atoms with Gasteiger partial charge in [-0.2, -0.15) is 0 Å². The molecule has 0 aliphatic carbocycles. The molecule has 38 heavy (non-hydrogen) atoms. The molecule has 1 aromatic carbocycles. The average Bonchev–Trinajstić information content (AvgIpc) is 3.34. The summed E-state index contributed by atoms with van der Waals surface area (Å²) in [6.07, 6.45) is 7.03. The summed E-state index contributed by atoms with van der Waals surface area (Å²) in [5.41, 5.74) is 4.97. The van der Waals surface area contributed by atoms with Gasteiger partial charge in [-0.3, -0.25) is 9.69 Å². The van der Waals surface area contributed by atoms with Crippen LogP contribution in [0.4, 0.5) is 10.2 Å². The van der Waals surface area contributed by atoms with Crippen molar-refractivity contribution in [3.8, 4) is 5.75 Å². The number of hydrogen-bond donors (Lipinski definition) is 2. The molecule has 1 saturated heterocycles. The lowest BCUT2D eigenvalue weighted by molar-refractivity contribution is -0.143. The highest BCUT2D eigenvalue weighted by atomic mass is 19.1. The standard InChI is InChI=1S/C30H42FN3O4/c1-19(2)21-16-25(28(37-4)26(31)17-21)27(30(35)36)34-13-11-23(18-34)38-14-7-5-6-9-22-15-20(3)24-10-8-12-32-29(24)33-22/h15-17,19,23,27H,5-14,18H2,1-4H3,(H,32,33)(H,35,36)/t23-,27+/m1/s1. The topological polar surface area (TPSA) is 83.9 Å². The van der Waals surface area contributed by atoms with Crippen molar-refractivity contribution < 1.29 is 23.8 Å². The van der Waals surface area contributed by atoms with Crippen molar-refractivity contribution in [3.63, 3.8) is 0 Å². The van der Waals surface area contributed by atoms with Crippen LogP contribution in [-0.2, 0) is 22.4 Å². The number of ether oxygens (including phenoxy) is 2. The third-order valence-corrected chi connectivity index (χ3v) is 7.76. The Morgan fingerprint density at radius 2 is 2.08 bits per heavy atom. The van der Waals surface area contributed by atoms with Crippen LogP contribution < -0.4 is 10.1 Å². The quantitative estimate of drug-likeness (QED) is 0.345. The Labute approximate surface area is 225 Å². The molecule has 0 radical (unpaired) electrons. The molecule has 0 amide bonds. The molecule has 2 aliphatic heterocycles. The molecular weight excluding hydrogens is 485 g/mol. The minimum Gasteiger partial charge on any atom is -0.493 e. The van der Waals surface area contributed by atoms with Gasteiger partial charge in [0.25, 0.3) is 0 Å². The molecule has 1 aromatic heterocycles. The summed E-state index contributed by atoms with van der Waals surface area (Å²) in [4.78, 5) is 19.0. The van der Waals surface area contributed by atoms with Crippen LogP contribution in [0.3, 0.4) is 0 Å². The number of carboxylic acids is 1. The van der Waals surface area contributed by atoms with E-state index in [0.29, 0.717) is 25.3 Å². The number of halogens is 1. The van der Waals surface area contributed by atoms with E-state index >= 15 is 0 Å². The van der Waals surface area contributed by atoms with Crippen LogP contribution >= 0.6 is 0 Å². The van der Waals surface area contributed by atoms with Crippen molar-refractivity contribution in [2.24, 2.45) is 0 Å². The molecule has 2 aromatic rings. The number of likely N-dealkylation sites (tertiary alicyclic amines) is 1. The van der Waals surface area contributed by atoms with Gasteiger partial charge in [-0.15, -0.1) is 0 Å². The number of hydrogen-bond acceptors (Lipinski definition) is 6. The fourth-order valence-corrected chi connectivity index (χ4v) is 5.66. The number of benzene rings is 1. The van der Waals surface area contributed by atoms with Crippen molar-refractivity contribution in [2.75, 3.05) is 38.7 Å². The fourth-order valence-electron chi connectivity index (χ4n) is 5.66. The summed E-state index contributed by atoms with van der Waals surface area (Å²) < 4.78 is 26.2. The monoisotopic (exact) mass is 527 g/mol. The number of aryl methyl sites for hydroxylation is 2. The van der Waals surface area contributed by atoms with E-state index in [2.05, 4.69) is 18.3 Å². The number of methoxy groups -OCH3 is 1. The largest absolute Gasteiger partial charge is 0.493 e. The third kappa shape index (κ3) is 6.64. The lowest BCUT2D eigenvalue weighted by Gasteiger charge is -2.27. The lowest BCUT2D eigenvalue weighted by atomic mass is 9.95. The minimum atomic E-state index is -1.01. The van der Waals surface area contributed by atoms with Crippen LogP contribution in [0, 0.1) is 12.7 Å². The first-order valence-electron chi connectivity index (χ1n) is 14.0. The minimum absolute atomic E-state index is 0.00515. The summed E-state index contributed by atoms with van der Waals surface area (Å²) in [5, 5.41) is 13.5. The van der Waals surface area contributed by atoms with E-state index in [1.165, 1.54) is 30.7 Å². The Bertz CT molecular complexity index is 1120. The van der Waals surface area contributed by atoms with E-state index < -0.39 is 17.8 Å². The molecule has 7 nitrogen and oxygen atoms in total. The lowest BCUT2D eigenvalue weighted by Crippen LogP contribution is -2.34. The average molecular weight is 528 g/mol. The molecular formula is C30H42FN3O4. The number of fused-ring (bicyclic) bond motifs is 1. The molecule has 0 bridgehead atoms. The van der Waals surface area contributed by atoms with Crippen LogP contribution in [-0.4, -0.2) is 60.4 Å². The van der Waals surface area contributed by atoms with E-state index in [-0.39, 0.29) is 17.8 Å². The summed E-state index contributed by atoms with van der Waals surface area (Å²) >= 11 is 0. The summed E-state index contributed by atoms with van der Waals surface area (Å²) in [7, 11) is 1.38. The van der Waals surface area contributed by atoms with E-state index in [1.54, 1.807) is 6.07 Å². The molecule has 4 rings (SSSR count). The molecule has 2 aliphatic rings. The Morgan fingerprint density at radius 3 is 2.82 bits per heavy atom. The van der Waals surface area contributed by atoms with E-state index in [0.717, 1.165) is 62.1 Å². The molecule has 0 spiro atoms. The number of aliphatic carboxylic acids is 1. The Hall–Kier alpha value is -2.71. The van der Waals surface area contributed by atoms with Crippen molar-refractivity contribution in [1.82, 2.24) is 9.88 Å². The van der Waals surface area contributed by atoms with Gasteiger partial charge >= 0.3 is 5.97 Å². The maximum atomic E-state index is 14.8. The van der Waals surface area contributed by atoms with Crippen molar-refractivity contribution >= 4 is 11.8 Å². The third-order valence-electron chi connectivity index (χ3n) is 7.76. The molecule has 8 heteroatoms. The second kappa shape index (κ2) is 12.9. The predicted octanol–water partition coefficient (Wildman–Crippen LogP) is 5.65. The second-order valence-electron chi connectivity index (χ2n) is 10.9. The van der Waals surface area contributed by atoms with Crippen molar-refractivity contribution in [1.29, 1.82) is 0 Å². The number of carboxylic acid groups (broad SMARTS) is 1. The first-order chi connectivity index (χ1) is 18.3. The fraction of sp³-hybridized carbons (Fsp3) is 0.600. The number of carbonyl (C=O) groups is 1.